The maximum atomic E-state index is 13.9. The molecule has 2 N–H and O–H groups in total. The summed E-state index contributed by atoms with van der Waals surface area (Å²) in [6.07, 6.45) is -3.55. The Hall–Kier alpha value is -3.06. The standard InChI is InChI=1S/C20H22FN3O3S.C2HF3O2/c1-23-17-3-2-14(21)9-16(17)20(19(23)27)4-6-24(7-5-20)10-13(18(25)26)8-15-11-28-12-22-15;3-2(4,5)1(6)7/h2-3,9,11-13H,4-8,10H2,1H3,(H,25,26);(H,6,7). The number of carboxylic acids is 2. The number of benzene rings is 1. The van der Waals surface area contributed by atoms with E-state index < -0.39 is 29.4 Å². The number of nitrogens with zero attached hydrogens (tertiary/aromatic N) is 3. The molecule has 190 valence electrons. The zero-order chi connectivity index (χ0) is 26.0. The van der Waals surface area contributed by atoms with E-state index >= 15 is 0 Å². The van der Waals surface area contributed by atoms with Gasteiger partial charge in [0.25, 0.3) is 0 Å². The number of piperidine rings is 1. The molecule has 35 heavy (non-hydrogen) atoms. The molecule has 2 aromatic rings. The van der Waals surface area contributed by atoms with Crippen molar-refractivity contribution in [2.24, 2.45) is 5.92 Å². The fourth-order valence-corrected chi connectivity index (χ4v) is 5.03. The van der Waals surface area contributed by atoms with Crippen LogP contribution < -0.4 is 4.90 Å². The molecule has 1 aromatic heterocycles. The fourth-order valence-electron chi connectivity index (χ4n) is 4.46. The minimum Gasteiger partial charge on any atom is -0.481 e. The van der Waals surface area contributed by atoms with Gasteiger partial charge >= 0.3 is 18.1 Å². The van der Waals surface area contributed by atoms with Gasteiger partial charge in [0, 0.05) is 31.1 Å². The van der Waals surface area contributed by atoms with Crippen LogP contribution in [0.25, 0.3) is 0 Å². The van der Waals surface area contributed by atoms with Crippen LogP contribution in [0.4, 0.5) is 23.2 Å². The van der Waals surface area contributed by atoms with Crippen molar-refractivity contribution in [3.63, 3.8) is 0 Å². The number of halogens is 4. The largest absolute Gasteiger partial charge is 0.490 e. The van der Waals surface area contributed by atoms with Gasteiger partial charge in [0.2, 0.25) is 5.91 Å². The first-order valence-corrected chi connectivity index (χ1v) is 11.5. The summed E-state index contributed by atoms with van der Waals surface area (Å²) in [5, 5.41) is 18.6. The number of hydrogen-bond donors (Lipinski definition) is 2. The number of aromatic nitrogens is 1. The second-order valence-electron chi connectivity index (χ2n) is 8.43. The van der Waals surface area contributed by atoms with Gasteiger partial charge in [-0.1, -0.05) is 0 Å². The fraction of sp³-hybridized carbons (Fsp3) is 0.455. The molecule has 3 heterocycles. The number of likely N-dealkylation sites (N-methyl/N-ethyl adjacent to an activating group) is 1. The molecular weight excluding hydrogens is 494 g/mol. The summed E-state index contributed by atoms with van der Waals surface area (Å²) in [6.45, 7) is 1.63. The molecule has 1 spiro atoms. The summed E-state index contributed by atoms with van der Waals surface area (Å²) < 4.78 is 45.6. The number of carboxylic acid groups (broad SMARTS) is 2. The van der Waals surface area contributed by atoms with Crippen LogP contribution in [-0.4, -0.2) is 70.8 Å². The van der Waals surface area contributed by atoms with Crippen LogP contribution in [0, 0.1) is 11.7 Å². The van der Waals surface area contributed by atoms with Crippen LogP contribution in [0.3, 0.4) is 0 Å². The van der Waals surface area contributed by atoms with Crippen molar-refractivity contribution < 1.29 is 42.2 Å². The average Bonchev–Trinajstić information content (AvgIpc) is 3.37. The number of amides is 1. The van der Waals surface area contributed by atoms with E-state index in [1.807, 2.05) is 5.38 Å². The van der Waals surface area contributed by atoms with E-state index in [2.05, 4.69) is 9.88 Å². The van der Waals surface area contributed by atoms with E-state index in [9.17, 15) is 32.3 Å². The van der Waals surface area contributed by atoms with Crippen molar-refractivity contribution >= 4 is 34.9 Å². The molecule has 1 saturated heterocycles. The summed E-state index contributed by atoms with van der Waals surface area (Å²) in [4.78, 5) is 41.5. The highest BCUT2D eigenvalue weighted by molar-refractivity contribution is 7.07. The first-order chi connectivity index (χ1) is 16.3. The van der Waals surface area contributed by atoms with Gasteiger partial charge in [0.05, 0.1) is 22.5 Å². The number of rotatable bonds is 5. The maximum Gasteiger partial charge on any atom is 0.490 e. The highest BCUT2D eigenvalue weighted by Crippen LogP contribution is 2.47. The van der Waals surface area contributed by atoms with E-state index in [0.717, 1.165) is 16.9 Å². The molecule has 0 saturated carbocycles. The third-order valence-electron chi connectivity index (χ3n) is 6.27. The summed E-state index contributed by atoms with van der Waals surface area (Å²) in [7, 11) is 1.73. The lowest BCUT2D eigenvalue weighted by atomic mass is 9.73. The molecule has 0 radical (unpaired) electrons. The van der Waals surface area contributed by atoms with Crippen molar-refractivity contribution in [1.82, 2.24) is 9.88 Å². The molecule has 1 atom stereocenters. The lowest BCUT2D eigenvalue weighted by molar-refractivity contribution is -0.192. The molecule has 8 nitrogen and oxygen atoms in total. The SMILES string of the molecule is CN1C(=O)C2(CCN(CC(Cc3cscn3)C(=O)O)CC2)c2cc(F)ccc21.O=C(O)C(F)(F)F. The first kappa shape index (κ1) is 26.5. The Morgan fingerprint density at radius 1 is 1.23 bits per heavy atom. The van der Waals surface area contributed by atoms with Gasteiger partial charge in [-0.25, -0.2) is 14.2 Å². The lowest BCUT2D eigenvalue weighted by Crippen LogP contribution is -2.49. The van der Waals surface area contributed by atoms with Gasteiger partial charge < -0.3 is 20.0 Å². The predicted octanol–water partition coefficient (Wildman–Crippen LogP) is 3.17. The van der Waals surface area contributed by atoms with Gasteiger partial charge in [-0.05, 0) is 49.7 Å². The Morgan fingerprint density at radius 2 is 1.86 bits per heavy atom. The number of likely N-dealkylation sites (tertiary alicyclic amines) is 1. The third-order valence-corrected chi connectivity index (χ3v) is 6.90. The molecule has 0 bridgehead atoms. The number of anilines is 1. The van der Waals surface area contributed by atoms with E-state index in [1.54, 1.807) is 23.5 Å². The normalized spacial score (nSPS) is 18.1. The Kier molecular flexibility index (Phi) is 7.80. The molecule has 13 heteroatoms. The third kappa shape index (κ3) is 5.78. The zero-order valence-electron chi connectivity index (χ0n) is 18.6. The minimum absolute atomic E-state index is 0.00464. The summed E-state index contributed by atoms with van der Waals surface area (Å²) in [5.74, 6) is -4.46. The van der Waals surface area contributed by atoms with Crippen LogP contribution in [0.2, 0.25) is 0 Å². The molecule has 2 aliphatic heterocycles. The molecule has 1 fully saturated rings. The molecular formula is C22H23F4N3O5S. The van der Waals surface area contributed by atoms with Gasteiger partial charge in [-0.3, -0.25) is 9.59 Å². The number of fused-ring (bicyclic) bond motifs is 2. The summed E-state index contributed by atoms with van der Waals surface area (Å²) in [5.41, 5.74) is 3.33. The van der Waals surface area contributed by atoms with E-state index in [-0.39, 0.29) is 11.7 Å². The second kappa shape index (κ2) is 10.3. The predicted molar refractivity (Wildman–Crippen MR) is 118 cm³/mol. The topological polar surface area (TPSA) is 111 Å². The van der Waals surface area contributed by atoms with Crippen LogP contribution in [0.1, 0.15) is 24.1 Å². The second-order valence-corrected chi connectivity index (χ2v) is 9.15. The lowest BCUT2D eigenvalue weighted by Gasteiger charge is -2.39. The Morgan fingerprint density at radius 3 is 2.37 bits per heavy atom. The van der Waals surface area contributed by atoms with Gasteiger partial charge in [0.15, 0.2) is 0 Å². The van der Waals surface area contributed by atoms with Crippen LogP contribution in [0.5, 0.6) is 0 Å². The number of aliphatic carboxylic acids is 2. The monoisotopic (exact) mass is 517 g/mol. The number of carbonyl (C=O) groups excluding carboxylic acids is 1. The van der Waals surface area contributed by atoms with Crippen molar-refractivity contribution in [2.45, 2.75) is 30.9 Å². The minimum atomic E-state index is -5.08. The Labute approximate surface area is 201 Å². The maximum absolute atomic E-state index is 13.9. The molecule has 1 amide bonds. The number of thiazole rings is 1. The molecule has 4 rings (SSSR count). The quantitative estimate of drug-likeness (QED) is 0.586. The summed E-state index contributed by atoms with van der Waals surface area (Å²) in [6, 6.07) is 4.53. The van der Waals surface area contributed by atoms with Gasteiger partial charge in [-0.2, -0.15) is 13.2 Å². The van der Waals surface area contributed by atoms with Crippen molar-refractivity contribution in [3.05, 3.63) is 46.2 Å². The Balaban J connectivity index is 0.000000429. The van der Waals surface area contributed by atoms with E-state index in [1.165, 1.54) is 23.5 Å². The van der Waals surface area contributed by atoms with Crippen LogP contribution >= 0.6 is 11.3 Å². The molecule has 2 aliphatic rings. The van der Waals surface area contributed by atoms with Gasteiger partial charge in [0.1, 0.15) is 5.82 Å². The summed E-state index contributed by atoms with van der Waals surface area (Å²) >= 11 is 1.46. The number of hydrogen-bond acceptors (Lipinski definition) is 6. The van der Waals surface area contributed by atoms with E-state index in [4.69, 9.17) is 9.90 Å². The number of carbonyl (C=O) groups is 3. The molecule has 1 unspecified atom stereocenters. The van der Waals surface area contributed by atoms with Crippen LogP contribution in [-0.2, 0) is 26.2 Å². The van der Waals surface area contributed by atoms with Crippen molar-refractivity contribution in [1.29, 1.82) is 0 Å². The first-order valence-electron chi connectivity index (χ1n) is 10.6. The van der Waals surface area contributed by atoms with E-state index in [0.29, 0.717) is 38.9 Å². The zero-order valence-corrected chi connectivity index (χ0v) is 19.4. The highest BCUT2D eigenvalue weighted by atomic mass is 32.1. The smallest absolute Gasteiger partial charge is 0.481 e. The number of alkyl halides is 3. The van der Waals surface area contributed by atoms with Crippen molar-refractivity contribution in [3.8, 4) is 0 Å². The Bertz CT molecular complexity index is 1090. The van der Waals surface area contributed by atoms with Crippen LogP contribution in [0.15, 0.2) is 29.1 Å². The van der Waals surface area contributed by atoms with Gasteiger partial charge in [-0.15, -0.1) is 11.3 Å². The molecule has 1 aromatic carbocycles. The van der Waals surface area contributed by atoms with Crippen molar-refractivity contribution in [2.75, 3.05) is 31.6 Å². The average molecular weight is 518 g/mol. The molecule has 0 aliphatic carbocycles. The highest BCUT2D eigenvalue weighted by Gasteiger charge is 2.51.